The molecule has 1 aromatic carbocycles. The molecular weight excluding hydrogens is 280 g/mol. The molecule has 0 heterocycles. The molecule has 104 valence electrons. The zero-order chi connectivity index (χ0) is 14.5. The molecule has 0 radical (unpaired) electrons. The van der Waals surface area contributed by atoms with E-state index in [1.807, 2.05) is 0 Å². The fraction of sp³-hybridized carbons (Fsp3) is 0.182. The zero-order valence-electron chi connectivity index (χ0n) is 9.58. The average molecular weight is 291 g/mol. The lowest BCUT2D eigenvalue weighted by atomic mass is 10.1. The van der Waals surface area contributed by atoms with Crippen molar-refractivity contribution in [2.24, 2.45) is 0 Å². The van der Waals surface area contributed by atoms with Crippen molar-refractivity contribution >= 4 is 22.1 Å². The van der Waals surface area contributed by atoms with E-state index in [1.54, 1.807) is 16.9 Å². The van der Waals surface area contributed by atoms with E-state index in [0.717, 1.165) is 6.08 Å². The van der Waals surface area contributed by atoms with Gasteiger partial charge in [0.1, 0.15) is 0 Å². The molecule has 0 saturated heterocycles. The lowest BCUT2D eigenvalue weighted by Gasteiger charge is -2.06. The molecule has 0 aliphatic carbocycles. The molecule has 0 aliphatic heterocycles. The minimum atomic E-state index is -4.63. The van der Waals surface area contributed by atoms with Crippen molar-refractivity contribution in [1.82, 2.24) is 4.72 Å². The number of sulfonamides is 1. The summed E-state index contributed by atoms with van der Waals surface area (Å²) in [6.07, 6.45) is 2.23. The monoisotopic (exact) mass is 291 g/mol. The Hall–Kier alpha value is -1.80. The van der Waals surface area contributed by atoms with Crippen LogP contribution in [0, 0.1) is 0 Å². The maximum Gasteiger partial charge on any atom is 0.350 e. The Morgan fingerprint density at radius 2 is 2.11 bits per heavy atom. The van der Waals surface area contributed by atoms with Crippen LogP contribution in [-0.2, 0) is 21.4 Å². The van der Waals surface area contributed by atoms with E-state index in [0.29, 0.717) is 11.1 Å². The van der Waals surface area contributed by atoms with E-state index in [-0.39, 0.29) is 6.54 Å². The van der Waals surface area contributed by atoms with Crippen LogP contribution in [-0.4, -0.2) is 25.3 Å². The Bertz CT molecular complexity index is 584. The molecule has 1 aromatic rings. The van der Waals surface area contributed by atoms with Crippen molar-refractivity contribution in [2.75, 3.05) is 0 Å². The molecule has 0 unspecified atom stereocenters. The van der Waals surface area contributed by atoms with Gasteiger partial charge in [-0.1, -0.05) is 24.3 Å². The average Bonchev–Trinajstić information content (AvgIpc) is 2.34. The highest BCUT2D eigenvalue weighted by atomic mass is 32.2. The fourth-order valence-corrected chi connectivity index (χ4v) is 1.72. The van der Waals surface area contributed by atoms with E-state index in [2.05, 4.69) is 0 Å². The summed E-state index contributed by atoms with van der Waals surface area (Å²) >= 11 is 0. The van der Waals surface area contributed by atoms with Crippen LogP contribution in [0.1, 0.15) is 11.1 Å². The van der Waals surface area contributed by atoms with Crippen molar-refractivity contribution in [2.45, 2.75) is 12.3 Å². The van der Waals surface area contributed by atoms with E-state index < -0.39 is 21.8 Å². The van der Waals surface area contributed by atoms with Crippen LogP contribution in [0.4, 0.5) is 8.78 Å². The van der Waals surface area contributed by atoms with Crippen LogP contribution in [0.3, 0.4) is 0 Å². The van der Waals surface area contributed by atoms with Crippen LogP contribution in [0.15, 0.2) is 30.3 Å². The molecule has 0 atom stereocenters. The minimum absolute atomic E-state index is 0.290. The van der Waals surface area contributed by atoms with Gasteiger partial charge >= 0.3 is 11.7 Å². The van der Waals surface area contributed by atoms with Gasteiger partial charge in [0, 0.05) is 12.6 Å². The van der Waals surface area contributed by atoms with Gasteiger partial charge in [0.25, 0.3) is 10.0 Å². The quantitative estimate of drug-likeness (QED) is 0.777. The van der Waals surface area contributed by atoms with Gasteiger partial charge in [-0.2, -0.15) is 8.78 Å². The molecule has 0 fully saturated rings. The van der Waals surface area contributed by atoms with E-state index >= 15 is 0 Å². The number of benzene rings is 1. The highest BCUT2D eigenvalue weighted by Gasteiger charge is 2.22. The molecule has 0 bridgehead atoms. The van der Waals surface area contributed by atoms with Crippen molar-refractivity contribution in [3.05, 3.63) is 41.5 Å². The number of hydrogen-bond acceptors (Lipinski definition) is 3. The van der Waals surface area contributed by atoms with Crippen LogP contribution in [0.25, 0.3) is 6.08 Å². The second-order valence-electron chi connectivity index (χ2n) is 3.54. The molecule has 1 rings (SSSR count). The number of halogens is 2. The summed E-state index contributed by atoms with van der Waals surface area (Å²) in [4.78, 5) is 10.3. The SMILES string of the molecule is O=C(O)C=Cc1cccc(CNS(=O)(=O)C(F)F)c1. The Kier molecular flexibility index (Phi) is 5.13. The summed E-state index contributed by atoms with van der Waals surface area (Å²) in [7, 11) is -4.63. The van der Waals surface area contributed by atoms with Crippen LogP contribution >= 0.6 is 0 Å². The molecule has 19 heavy (non-hydrogen) atoms. The van der Waals surface area contributed by atoms with Crippen molar-refractivity contribution in [3.63, 3.8) is 0 Å². The molecule has 0 amide bonds. The molecule has 0 aromatic heterocycles. The number of aliphatic carboxylic acids is 1. The van der Waals surface area contributed by atoms with E-state index in [9.17, 15) is 22.0 Å². The Labute approximate surface area is 108 Å². The second kappa shape index (κ2) is 6.39. The van der Waals surface area contributed by atoms with E-state index in [4.69, 9.17) is 5.11 Å². The zero-order valence-corrected chi connectivity index (χ0v) is 10.4. The number of alkyl halides is 2. The summed E-state index contributed by atoms with van der Waals surface area (Å²) in [5, 5.41) is 8.45. The number of nitrogens with one attached hydrogen (secondary N) is 1. The Morgan fingerprint density at radius 1 is 1.42 bits per heavy atom. The minimum Gasteiger partial charge on any atom is -0.478 e. The maximum absolute atomic E-state index is 12.1. The highest BCUT2D eigenvalue weighted by Crippen LogP contribution is 2.09. The Balaban J connectivity index is 2.76. The van der Waals surface area contributed by atoms with Crippen LogP contribution < -0.4 is 4.72 Å². The third-order valence-electron chi connectivity index (χ3n) is 2.08. The first kappa shape index (κ1) is 15.3. The van der Waals surface area contributed by atoms with Crippen molar-refractivity contribution in [1.29, 1.82) is 0 Å². The van der Waals surface area contributed by atoms with Gasteiger partial charge in [0.2, 0.25) is 0 Å². The van der Waals surface area contributed by atoms with E-state index in [1.165, 1.54) is 18.2 Å². The number of carboxylic acids is 1. The summed E-state index contributed by atoms with van der Waals surface area (Å²) < 4.78 is 47.6. The summed E-state index contributed by atoms with van der Waals surface area (Å²) in [5.74, 6) is -4.61. The summed E-state index contributed by atoms with van der Waals surface area (Å²) in [6.45, 7) is -0.290. The van der Waals surface area contributed by atoms with Gasteiger partial charge in [0.15, 0.2) is 0 Å². The van der Waals surface area contributed by atoms with Crippen LogP contribution in [0.2, 0.25) is 0 Å². The number of hydrogen-bond donors (Lipinski definition) is 2. The molecule has 5 nitrogen and oxygen atoms in total. The molecule has 2 N–H and O–H groups in total. The predicted molar refractivity (Wildman–Crippen MR) is 64.9 cm³/mol. The first-order valence-corrected chi connectivity index (χ1v) is 6.62. The number of rotatable bonds is 6. The highest BCUT2D eigenvalue weighted by molar-refractivity contribution is 7.89. The number of carbonyl (C=O) groups is 1. The van der Waals surface area contributed by atoms with Crippen LogP contribution in [0.5, 0.6) is 0 Å². The molecule has 0 aliphatic rings. The normalized spacial score (nSPS) is 12.2. The molecule has 0 saturated carbocycles. The van der Waals surface area contributed by atoms with Gasteiger partial charge < -0.3 is 5.11 Å². The maximum atomic E-state index is 12.1. The van der Waals surface area contributed by atoms with Crippen molar-refractivity contribution < 1.29 is 27.1 Å². The lowest BCUT2D eigenvalue weighted by molar-refractivity contribution is -0.131. The third-order valence-corrected chi connectivity index (χ3v) is 3.10. The molecule has 8 heteroatoms. The van der Waals surface area contributed by atoms with Gasteiger partial charge in [-0.3, -0.25) is 0 Å². The van der Waals surface area contributed by atoms with Gasteiger partial charge in [-0.05, 0) is 17.2 Å². The summed E-state index contributed by atoms with van der Waals surface area (Å²) in [6, 6.07) is 6.19. The topological polar surface area (TPSA) is 83.5 Å². The third kappa shape index (κ3) is 5.14. The van der Waals surface area contributed by atoms with Gasteiger partial charge in [0.05, 0.1) is 0 Å². The second-order valence-corrected chi connectivity index (χ2v) is 5.28. The smallest absolute Gasteiger partial charge is 0.350 e. The largest absolute Gasteiger partial charge is 0.478 e. The first-order valence-electron chi connectivity index (χ1n) is 5.08. The van der Waals surface area contributed by atoms with Gasteiger partial charge in [-0.25, -0.2) is 17.9 Å². The summed E-state index contributed by atoms with van der Waals surface area (Å²) in [5.41, 5.74) is 0.966. The number of carboxylic acid groups (broad SMARTS) is 1. The Morgan fingerprint density at radius 3 is 2.68 bits per heavy atom. The fourth-order valence-electron chi connectivity index (χ4n) is 1.22. The molecular formula is C11H11F2NO4S. The van der Waals surface area contributed by atoms with Gasteiger partial charge in [-0.15, -0.1) is 0 Å². The molecule has 0 spiro atoms. The standard InChI is InChI=1S/C11H11F2NO4S/c12-11(13)19(17,18)14-7-9-3-1-2-8(6-9)4-5-10(15)16/h1-6,11,14H,7H2,(H,15,16). The predicted octanol–water partition coefficient (Wildman–Crippen LogP) is 1.43. The lowest BCUT2D eigenvalue weighted by Crippen LogP contribution is -2.28. The van der Waals surface area contributed by atoms with Crippen molar-refractivity contribution in [3.8, 4) is 0 Å². The first-order chi connectivity index (χ1) is 8.81.